The number of anilines is 1. The Morgan fingerprint density at radius 3 is 2.64 bits per heavy atom. The van der Waals surface area contributed by atoms with Crippen LogP contribution in [0, 0.1) is 5.92 Å². The predicted molar refractivity (Wildman–Crippen MR) is 91.8 cm³/mol. The number of para-hydroxylation sites is 1. The van der Waals surface area contributed by atoms with Gasteiger partial charge in [-0.1, -0.05) is 12.1 Å². The molecule has 0 aromatic heterocycles. The second kappa shape index (κ2) is 7.74. The Bertz CT molecular complexity index is 640. The van der Waals surface area contributed by atoms with E-state index in [2.05, 4.69) is 10.6 Å². The van der Waals surface area contributed by atoms with Crippen molar-refractivity contribution in [2.24, 2.45) is 5.92 Å². The second-order valence-electron chi connectivity index (χ2n) is 6.57. The third-order valence-corrected chi connectivity index (χ3v) is 4.96. The lowest BCUT2D eigenvalue weighted by Crippen LogP contribution is -2.41. The van der Waals surface area contributed by atoms with Crippen LogP contribution >= 0.6 is 0 Å². The largest absolute Gasteiger partial charge is 0.491 e. The molecule has 3 rings (SSSR count). The van der Waals surface area contributed by atoms with Crippen LogP contribution in [0.2, 0.25) is 0 Å². The number of hydrogen-bond acceptors (Lipinski definition) is 4. The highest BCUT2D eigenvalue weighted by molar-refractivity contribution is 5.91. The van der Waals surface area contributed by atoms with Crippen LogP contribution in [-0.2, 0) is 9.53 Å². The van der Waals surface area contributed by atoms with Gasteiger partial charge in [-0.25, -0.2) is 4.79 Å². The highest BCUT2D eigenvalue weighted by Gasteiger charge is 2.28. The molecule has 0 saturated heterocycles. The Morgan fingerprint density at radius 1 is 1.20 bits per heavy atom. The molecule has 0 bridgehead atoms. The van der Waals surface area contributed by atoms with E-state index in [1.54, 1.807) is 13.2 Å². The number of ether oxygens (including phenoxy) is 2. The molecule has 1 atom stereocenters. The Balaban J connectivity index is 1.60. The Labute approximate surface area is 146 Å². The van der Waals surface area contributed by atoms with Crippen molar-refractivity contribution in [2.45, 2.75) is 44.2 Å². The zero-order valence-electron chi connectivity index (χ0n) is 14.3. The lowest BCUT2D eigenvalue weighted by atomic mass is 9.86. The molecule has 1 unspecified atom stereocenters. The van der Waals surface area contributed by atoms with Crippen LogP contribution < -0.4 is 15.4 Å². The van der Waals surface area contributed by atoms with Crippen LogP contribution in [0.5, 0.6) is 5.75 Å². The number of carboxylic acids is 1. The lowest BCUT2D eigenvalue weighted by Gasteiger charge is -2.28. The highest BCUT2D eigenvalue weighted by Crippen LogP contribution is 2.39. The summed E-state index contributed by atoms with van der Waals surface area (Å²) in [7, 11) is 1.67. The van der Waals surface area contributed by atoms with Gasteiger partial charge in [0.05, 0.1) is 24.3 Å². The van der Waals surface area contributed by atoms with Gasteiger partial charge in [0.25, 0.3) is 0 Å². The van der Waals surface area contributed by atoms with Crippen molar-refractivity contribution < 1.29 is 24.2 Å². The van der Waals surface area contributed by atoms with E-state index in [1.807, 2.05) is 12.1 Å². The predicted octanol–water partition coefficient (Wildman–Crippen LogP) is 2.92. The van der Waals surface area contributed by atoms with Gasteiger partial charge in [0.2, 0.25) is 0 Å². The summed E-state index contributed by atoms with van der Waals surface area (Å²) in [6.07, 6.45) is 3.31. The molecule has 7 heteroatoms. The minimum absolute atomic E-state index is 0.00257. The van der Waals surface area contributed by atoms with E-state index in [9.17, 15) is 9.59 Å². The van der Waals surface area contributed by atoms with Crippen molar-refractivity contribution in [1.82, 2.24) is 5.32 Å². The molecular weight excluding hydrogens is 324 g/mol. The number of carbonyl (C=O) groups is 2. The first-order valence-corrected chi connectivity index (χ1v) is 8.67. The summed E-state index contributed by atoms with van der Waals surface area (Å²) in [6.45, 7) is 0.547. The maximum absolute atomic E-state index is 12.3. The molecule has 1 saturated carbocycles. The summed E-state index contributed by atoms with van der Waals surface area (Å²) in [6, 6.07) is 5.32. The normalized spacial score (nSPS) is 25.4. The molecule has 1 aromatic rings. The fraction of sp³-hybridized carbons (Fsp3) is 0.556. The molecule has 25 heavy (non-hydrogen) atoms. The number of aliphatic carboxylic acids is 1. The number of carboxylic acid groups (broad SMARTS) is 1. The molecule has 136 valence electrons. The summed E-state index contributed by atoms with van der Waals surface area (Å²) in [4.78, 5) is 23.3. The van der Waals surface area contributed by atoms with Crippen molar-refractivity contribution in [3.8, 4) is 5.75 Å². The van der Waals surface area contributed by atoms with Gasteiger partial charge in [0.15, 0.2) is 0 Å². The van der Waals surface area contributed by atoms with E-state index in [1.165, 1.54) is 0 Å². The molecule has 1 aliphatic heterocycles. The molecule has 0 spiro atoms. The summed E-state index contributed by atoms with van der Waals surface area (Å²) in [5.41, 5.74) is 1.56. The number of hydrogen-bond donors (Lipinski definition) is 3. The minimum atomic E-state index is -0.747. The average Bonchev–Trinajstić information content (AvgIpc) is 2.62. The molecule has 1 aliphatic carbocycles. The monoisotopic (exact) mass is 348 g/mol. The number of nitrogens with one attached hydrogen (secondary N) is 2. The second-order valence-corrected chi connectivity index (χ2v) is 6.57. The molecular formula is C18H24N2O5. The zero-order chi connectivity index (χ0) is 17.8. The number of fused-ring (bicyclic) bond motifs is 1. The van der Waals surface area contributed by atoms with Crippen molar-refractivity contribution >= 4 is 17.7 Å². The topological polar surface area (TPSA) is 96.9 Å². The van der Waals surface area contributed by atoms with E-state index in [0.717, 1.165) is 12.0 Å². The van der Waals surface area contributed by atoms with Crippen molar-refractivity contribution in [2.75, 3.05) is 19.0 Å². The third kappa shape index (κ3) is 4.04. The van der Waals surface area contributed by atoms with Gasteiger partial charge < -0.3 is 25.2 Å². The van der Waals surface area contributed by atoms with Gasteiger partial charge >= 0.3 is 12.0 Å². The molecule has 1 aromatic carbocycles. The number of urea groups is 1. The summed E-state index contributed by atoms with van der Waals surface area (Å²) >= 11 is 0. The van der Waals surface area contributed by atoms with Gasteiger partial charge in [0, 0.05) is 25.1 Å². The standard InChI is InChI=1S/C18H24N2O5/c1-24-15-9-10-25-16-13(15)3-2-4-14(16)20-18(23)19-12-7-5-11(6-8-12)17(21)22/h2-4,11-12,15H,5-10H2,1H3,(H,21,22)(H2,19,20,23). The third-order valence-electron chi connectivity index (χ3n) is 4.96. The van der Waals surface area contributed by atoms with Gasteiger partial charge in [0.1, 0.15) is 5.75 Å². The molecule has 2 aliphatic rings. The first-order chi connectivity index (χ1) is 12.1. The maximum Gasteiger partial charge on any atom is 0.319 e. The van der Waals surface area contributed by atoms with Crippen LogP contribution in [-0.4, -0.2) is 36.9 Å². The molecule has 1 heterocycles. The summed E-state index contributed by atoms with van der Waals surface area (Å²) < 4.78 is 11.2. The fourth-order valence-corrected chi connectivity index (χ4v) is 3.56. The first-order valence-electron chi connectivity index (χ1n) is 8.67. The van der Waals surface area contributed by atoms with Crippen molar-refractivity contribution in [3.63, 3.8) is 0 Å². The first kappa shape index (κ1) is 17.5. The van der Waals surface area contributed by atoms with E-state index in [4.69, 9.17) is 14.6 Å². The number of benzene rings is 1. The van der Waals surface area contributed by atoms with E-state index in [-0.39, 0.29) is 24.1 Å². The van der Waals surface area contributed by atoms with Gasteiger partial charge in [-0.05, 0) is 31.7 Å². The van der Waals surface area contributed by atoms with Crippen LogP contribution in [0.1, 0.15) is 43.8 Å². The Hall–Kier alpha value is -2.28. The van der Waals surface area contributed by atoms with E-state index < -0.39 is 5.97 Å². The van der Waals surface area contributed by atoms with Crippen LogP contribution in [0.3, 0.4) is 0 Å². The van der Waals surface area contributed by atoms with Crippen molar-refractivity contribution in [3.05, 3.63) is 23.8 Å². The number of rotatable bonds is 4. The SMILES string of the molecule is COC1CCOc2c(NC(=O)NC3CCC(C(=O)O)CC3)cccc21. The number of methoxy groups -OCH3 is 1. The molecule has 1 fully saturated rings. The molecule has 2 amide bonds. The van der Waals surface area contributed by atoms with E-state index in [0.29, 0.717) is 43.7 Å². The molecule has 7 nitrogen and oxygen atoms in total. The fourth-order valence-electron chi connectivity index (χ4n) is 3.56. The quantitative estimate of drug-likeness (QED) is 0.777. The van der Waals surface area contributed by atoms with E-state index >= 15 is 0 Å². The molecule has 3 N–H and O–H groups in total. The van der Waals surface area contributed by atoms with Gasteiger partial charge in [-0.3, -0.25) is 4.79 Å². The van der Waals surface area contributed by atoms with Gasteiger partial charge in [-0.15, -0.1) is 0 Å². The number of carbonyl (C=O) groups excluding carboxylic acids is 1. The number of amides is 2. The highest BCUT2D eigenvalue weighted by atomic mass is 16.5. The smallest absolute Gasteiger partial charge is 0.319 e. The Morgan fingerprint density at radius 2 is 1.96 bits per heavy atom. The average molecular weight is 348 g/mol. The summed E-state index contributed by atoms with van der Waals surface area (Å²) in [5, 5.41) is 14.8. The zero-order valence-corrected chi connectivity index (χ0v) is 14.3. The van der Waals surface area contributed by atoms with Crippen LogP contribution in [0.15, 0.2) is 18.2 Å². The van der Waals surface area contributed by atoms with Gasteiger partial charge in [-0.2, -0.15) is 0 Å². The minimum Gasteiger partial charge on any atom is -0.491 e. The maximum atomic E-state index is 12.3. The molecule has 0 radical (unpaired) electrons. The Kier molecular flexibility index (Phi) is 5.43. The van der Waals surface area contributed by atoms with Crippen LogP contribution in [0.4, 0.5) is 10.5 Å². The lowest BCUT2D eigenvalue weighted by molar-refractivity contribution is -0.142. The van der Waals surface area contributed by atoms with Crippen molar-refractivity contribution in [1.29, 1.82) is 0 Å². The van der Waals surface area contributed by atoms with Crippen LogP contribution in [0.25, 0.3) is 0 Å². The summed E-state index contributed by atoms with van der Waals surface area (Å²) in [5.74, 6) is -0.379.